The van der Waals surface area contributed by atoms with E-state index < -0.39 is 26.8 Å². The summed E-state index contributed by atoms with van der Waals surface area (Å²) < 4.78 is 59.1. The van der Waals surface area contributed by atoms with Crippen LogP contribution in [0.5, 0.6) is 0 Å². The van der Waals surface area contributed by atoms with Crippen LogP contribution >= 0.6 is 15.6 Å². The zero-order valence-corrected chi connectivity index (χ0v) is 26.1. The third-order valence-electron chi connectivity index (χ3n) is 4.15. The van der Waals surface area contributed by atoms with E-state index in [1.165, 1.54) is 0 Å². The van der Waals surface area contributed by atoms with Crippen molar-refractivity contribution in [2.45, 2.75) is 78.4 Å². The van der Waals surface area contributed by atoms with E-state index in [1.807, 2.05) is 0 Å². The highest BCUT2D eigenvalue weighted by Gasteiger charge is 2.29. The van der Waals surface area contributed by atoms with Crippen LogP contribution in [0.4, 0.5) is 4.79 Å². The van der Waals surface area contributed by atoms with Crippen molar-refractivity contribution in [1.29, 1.82) is 0 Å². The van der Waals surface area contributed by atoms with Gasteiger partial charge in [-0.2, -0.15) is 0 Å². The van der Waals surface area contributed by atoms with Gasteiger partial charge in [0.2, 0.25) is 0 Å². The van der Waals surface area contributed by atoms with Gasteiger partial charge in [0.05, 0.1) is 64.1 Å². The standard InChI is InChI=1S/C23H50N2O12P2/c1-22(2,3)36-38(27,28)34-13-10-8-7-9-11-24-21(26)25-12-14-31-15-16-32-17-18-33-19-20-35-39(29,30)37-23(4,5)6/h7-20H2,1-6H3,(H,27,28)(H,29,30)(H2,24,25,26). The van der Waals surface area contributed by atoms with Gasteiger partial charge in [-0.25, -0.2) is 13.9 Å². The maximum atomic E-state index is 11.7. The Morgan fingerprint density at radius 1 is 0.590 bits per heavy atom. The highest BCUT2D eigenvalue weighted by Crippen LogP contribution is 2.47. The van der Waals surface area contributed by atoms with Gasteiger partial charge in [-0.3, -0.25) is 18.1 Å². The predicted molar refractivity (Wildman–Crippen MR) is 146 cm³/mol. The van der Waals surface area contributed by atoms with Gasteiger partial charge in [0.15, 0.2) is 0 Å². The first-order chi connectivity index (χ1) is 18.0. The molecule has 16 heteroatoms. The maximum Gasteiger partial charge on any atom is 0.472 e. The van der Waals surface area contributed by atoms with Crippen molar-refractivity contribution >= 4 is 21.7 Å². The molecule has 0 saturated heterocycles. The third-order valence-corrected chi connectivity index (χ3v) is 6.72. The average molecular weight is 609 g/mol. The smallest absolute Gasteiger partial charge is 0.377 e. The monoisotopic (exact) mass is 608 g/mol. The van der Waals surface area contributed by atoms with E-state index in [9.17, 15) is 23.7 Å². The minimum Gasteiger partial charge on any atom is -0.377 e. The molecule has 0 aromatic rings. The molecule has 14 nitrogen and oxygen atoms in total. The van der Waals surface area contributed by atoms with E-state index in [4.69, 9.17) is 32.3 Å². The van der Waals surface area contributed by atoms with E-state index in [0.717, 1.165) is 19.3 Å². The van der Waals surface area contributed by atoms with Crippen LogP contribution in [0.1, 0.15) is 67.2 Å². The lowest BCUT2D eigenvalue weighted by molar-refractivity contribution is 0.00353. The SMILES string of the molecule is CC(C)(C)OP(=O)(O)OCCCCCCNC(=O)NCCOCCOCCOCCOP(=O)(O)OC(C)(C)C. The van der Waals surface area contributed by atoms with Crippen molar-refractivity contribution in [2.75, 3.05) is 65.9 Å². The van der Waals surface area contributed by atoms with E-state index >= 15 is 0 Å². The largest absolute Gasteiger partial charge is 0.472 e. The summed E-state index contributed by atoms with van der Waals surface area (Å²) in [5.41, 5.74) is -1.55. The van der Waals surface area contributed by atoms with Gasteiger partial charge in [0.25, 0.3) is 0 Å². The van der Waals surface area contributed by atoms with Crippen molar-refractivity contribution in [3.8, 4) is 0 Å². The minimum absolute atomic E-state index is 0.0758. The summed E-state index contributed by atoms with van der Waals surface area (Å²) in [5.74, 6) is 0. The lowest BCUT2D eigenvalue weighted by Crippen LogP contribution is -2.37. The quantitative estimate of drug-likeness (QED) is 0.0976. The molecule has 0 saturated carbocycles. The van der Waals surface area contributed by atoms with Crippen LogP contribution in [0.2, 0.25) is 0 Å². The molecular weight excluding hydrogens is 558 g/mol. The lowest BCUT2D eigenvalue weighted by atomic mass is 10.2. The Bertz CT molecular complexity index is 744. The molecule has 0 spiro atoms. The summed E-state index contributed by atoms with van der Waals surface area (Å²) in [7, 11) is -8.13. The van der Waals surface area contributed by atoms with Gasteiger partial charge in [0.1, 0.15) is 0 Å². The Hall–Kier alpha value is -0.630. The molecule has 0 aliphatic heterocycles. The fourth-order valence-electron chi connectivity index (χ4n) is 2.76. The second-order valence-corrected chi connectivity index (χ2v) is 13.2. The lowest BCUT2D eigenvalue weighted by Gasteiger charge is -2.22. The normalized spacial score (nSPS) is 15.5. The van der Waals surface area contributed by atoms with Crippen LogP contribution in [-0.4, -0.2) is 93.0 Å². The number of ether oxygens (including phenoxy) is 3. The Morgan fingerprint density at radius 2 is 1.00 bits per heavy atom. The number of rotatable bonds is 23. The number of phosphoric acid groups is 2. The number of urea groups is 1. The molecule has 0 aliphatic rings. The summed E-state index contributed by atoms with van der Waals surface area (Å²) in [6, 6.07) is -0.276. The Morgan fingerprint density at radius 3 is 1.51 bits per heavy atom. The van der Waals surface area contributed by atoms with E-state index in [2.05, 4.69) is 10.6 Å². The number of carbonyl (C=O) groups excluding carboxylic acids is 1. The molecule has 2 amide bonds. The number of hydrogen-bond donors (Lipinski definition) is 4. The van der Waals surface area contributed by atoms with Crippen molar-refractivity contribution in [2.24, 2.45) is 0 Å². The first-order valence-electron chi connectivity index (χ1n) is 13.1. The van der Waals surface area contributed by atoms with Gasteiger partial charge >= 0.3 is 21.7 Å². The molecule has 0 aliphatic carbocycles. The summed E-state index contributed by atoms with van der Waals surface area (Å²) in [4.78, 5) is 30.9. The summed E-state index contributed by atoms with van der Waals surface area (Å²) >= 11 is 0. The fourth-order valence-corrected chi connectivity index (χ4v) is 4.91. The average Bonchev–Trinajstić information content (AvgIpc) is 2.75. The first-order valence-corrected chi connectivity index (χ1v) is 16.1. The van der Waals surface area contributed by atoms with Gasteiger partial charge in [-0.05, 0) is 54.4 Å². The van der Waals surface area contributed by atoms with Gasteiger partial charge in [0, 0.05) is 13.1 Å². The molecule has 4 N–H and O–H groups in total. The van der Waals surface area contributed by atoms with Crippen LogP contribution in [0, 0.1) is 0 Å². The molecule has 39 heavy (non-hydrogen) atoms. The van der Waals surface area contributed by atoms with E-state index in [0.29, 0.717) is 52.5 Å². The molecule has 2 atom stereocenters. The van der Waals surface area contributed by atoms with Crippen LogP contribution in [0.15, 0.2) is 0 Å². The minimum atomic E-state index is -4.10. The maximum absolute atomic E-state index is 11.7. The summed E-state index contributed by atoms with van der Waals surface area (Å²) in [6.07, 6.45) is 3.05. The molecule has 0 bridgehead atoms. The van der Waals surface area contributed by atoms with Crippen LogP contribution < -0.4 is 10.6 Å². The molecule has 0 fully saturated rings. The number of nitrogens with one attached hydrogen (secondary N) is 2. The highest BCUT2D eigenvalue weighted by atomic mass is 31.2. The van der Waals surface area contributed by atoms with Crippen molar-refractivity contribution in [3.63, 3.8) is 0 Å². The topological polar surface area (TPSA) is 180 Å². The van der Waals surface area contributed by atoms with Crippen molar-refractivity contribution in [3.05, 3.63) is 0 Å². The van der Waals surface area contributed by atoms with E-state index in [-0.39, 0.29) is 25.9 Å². The summed E-state index contributed by atoms with van der Waals surface area (Å²) in [5, 5.41) is 5.45. The van der Waals surface area contributed by atoms with Crippen molar-refractivity contribution in [1.82, 2.24) is 10.6 Å². The molecule has 0 radical (unpaired) electrons. The number of phosphoric ester groups is 2. The Labute approximate surface area is 233 Å². The molecule has 0 rings (SSSR count). The van der Waals surface area contributed by atoms with E-state index in [1.54, 1.807) is 41.5 Å². The Kier molecular flexibility index (Phi) is 20.0. The highest BCUT2D eigenvalue weighted by molar-refractivity contribution is 7.47. The number of carbonyl (C=O) groups is 1. The predicted octanol–water partition coefficient (Wildman–Crippen LogP) is 3.76. The summed E-state index contributed by atoms with van der Waals surface area (Å²) in [6.45, 7) is 12.8. The van der Waals surface area contributed by atoms with Crippen LogP contribution in [0.3, 0.4) is 0 Å². The second kappa shape index (κ2) is 20.3. The molecule has 0 aromatic heterocycles. The number of hydrogen-bond acceptors (Lipinski definition) is 10. The molecule has 0 aromatic carbocycles. The zero-order valence-electron chi connectivity index (χ0n) is 24.3. The molecule has 0 heterocycles. The van der Waals surface area contributed by atoms with Crippen LogP contribution in [-0.2, 0) is 41.4 Å². The fraction of sp³-hybridized carbons (Fsp3) is 0.957. The molecule has 2 unspecified atom stereocenters. The number of unbranched alkanes of at least 4 members (excludes halogenated alkanes) is 3. The second-order valence-electron chi connectivity index (χ2n) is 10.4. The van der Waals surface area contributed by atoms with Gasteiger partial charge in [-0.15, -0.1) is 0 Å². The molecule has 234 valence electrons. The zero-order chi connectivity index (χ0) is 29.8. The number of amides is 2. The van der Waals surface area contributed by atoms with Crippen molar-refractivity contribution < 1.29 is 56.0 Å². The Balaban J connectivity index is 3.44. The molecular formula is C23H50N2O12P2. The van der Waals surface area contributed by atoms with Crippen LogP contribution in [0.25, 0.3) is 0 Å². The first kappa shape index (κ1) is 38.4. The third kappa shape index (κ3) is 28.7. The van der Waals surface area contributed by atoms with Gasteiger partial charge < -0.3 is 34.6 Å². The van der Waals surface area contributed by atoms with Gasteiger partial charge in [-0.1, -0.05) is 12.8 Å².